The Balaban J connectivity index is 2.29. The maximum absolute atomic E-state index is 13.5. The summed E-state index contributed by atoms with van der Waals surface area (Å²) in [6.45, 7) is 4.08. The first kappa shape index (κ1) is 16.4. The Labute approximate surface area is 137 Å². The van der Waals surface area contributed by atoms with Gasteiger partial charge in [-0.1, -0.05) is 45.7 Å². The van der Waals surface area contributed by atoms with Crippen LogP contribution in [0.4, 0.5) is 4.39 Å². The molecule has 0 fully saturated rings. The van der Waals surface area contributed by atoms with Crippen molar-refractivity contribution >= 4 is 27.5 Å². The fraction of sp³-hybridized carbons (Fsp3) is 0.250. The fourth-order valence-electron chi connectivity index (χ4n) is 2.36. The van der Waals surface area contributed by atoms with Gasteiger partial charge in [0.25, 0.3) is 0 Å². The molecule has 0 amide bonds. The Morgan fingerprint density at radius 3 is 2.38 bits per heavy atom. The first-order valence-corrected chi connectivity index (χ1v) is 7.76. The van der Waals surface area contributed by atoms with Crippen molar-refractivity contribution in [2.45, 2.75) is 26.3 Å². The quantitative estimate of drug-likeness (QED) is 0.608. The molecule has 0 heterocycles. The molecule has 1 unspecified atom stereocenters. The van der Waals surface area contributed by atoms with Crippen LogP contribution in [0.1, 0.15) is 28.3 Å². The van der Waals surface area contributed by atoms with Crippen molar-refractivity contribution in [3.05, 3.63) is 67.9 Å². The monoisotopic (exact) mass is 370 g/mol. The van der Waals surface area contributed by atoms with E-state index in [1.807, 2.05) is 19.9 Å². The third-order valence-corrected chi connectivity index (χ3v) is 5.04. The van der Waals surface area contributed by atoms with Crippen LogP contribution in [0.5, 0.6) is 0 Å². The van der Waals surface area contributed by atoms with Crippen LogP contribution < -0.4 is 11.3 Å². The molecule has 0 bridgehead atoms. The van der Waals surface area contributed by atoms with Gasteiger partial charge in [0, 0.05) is 4.47 Å². The maximum atomic E-state index is 13.5. The molecule has 2 aromatic rings. The minimum atomic E-state index is -0.409. The molecule has 0 aromatic heterocycles. The molecule has 0 aliphatic rings. The van der Waals surface area contributed by atoms with E-state index >= 15 is 0 Å². The molecule has 0 aliphatic heterocycles. The number of rotatable bonds is 4. The zero-order valence-electron chi connectivity index (χ0n) is 11.9. The van der Waals surface area contributed by atoms with Crippen LogP contribution in [-0.4, -0.2) is 0 Å². The predicted molar refractivity (Wildman–Crippen MR) is 88.8 cm³/mol. The molecule has 2 nitrogen and oxygen atoms in total. The van der Waals surface area contributed by atoms with E-state index in [1.54, 1.807) is 6.07 Å². The van der Waals surface area contributed by atoms with Gasteiger partial charge in [0.15, 0.2) is 0 Å². The maximum Gasteiger partial charge on any atom is 0.142 e. The molecule has 3 N–H and O–H groups in total. The molecule has 5 heteroatoms. The lowest BCUT2D eigenvalue weighted by atomic mass is 9.96. The molecule has 0 radical (unpaired) electrons. The topological polar surface area (TPSA) is 38.0 Å². The Morgan fingerprint density at radius 1 is 1.24 bits per heavy atom. The van der Waals surface area contributed by atoms with Gasteiger partial charge in [-0.15, -0.1) is 0 Å². The molecule has 0 aliphatic carbocycles. The highest BCUT2D eigenvalue weighted by Gasteiger charge is 2.14. The van der Waals surface area contributed by atoms with Crippen molar-refractivity contribution in [2.24, 2.45) is 5.84 Å². The van der Waals surface area contributed by atoms with Gasteiger partial charge in [-0.25, -0.2) is 4.39 Å². The first-order valence-electron chi connectivity index (χ1n) is 6.59. The average molecular weight is 372 g/mol. The van der Waals surface area contributed by atoms with Crippen LogP contribution in [-0.2, 0) is 6.42 Å². The van der Waals surface area contributed by atoms with E-state index < -0.39 is 5.82 Å². The smallest absolute Gasteiger partial charge is 0.142 e. The van der Waals surface area contributed by atoms with E-state index in [4.69, 9.17) is 17.4 Å². The van der Waals surface area contributed by atoms with Crippen LogP contribution in [0, 0.1) is 19.7 Å². The lowest BCUT2D eigenvalue weighted by molar-refractivity contribution is 0.548. The van der Waals surface area contributed by atoms with Gasteiger partial charge in [-0.2, -0.15) is 0 Å². The highest BCUT2D eigenvalue weighted by atomic mass is 79.9. The molecule has 0 saturated heterocycles. The summed E-state index contributed by atoms with van der Waals surface area (Å²) in [5, 5.41) is 0.131. The SMILES string of the molecule is Cc1cc(C(Cc2ccc(Cl)c(F)c2)NN)cc(C)c1Br. The van der Waals surface area contributed by atoms with Crippen LogP contribution in [0.2, 0.25) is 5.02 Å². The first-order chi connectivity index (χ1) is 9.92. The lowest BCUT2D eigenvalue weighted by Crippen LogP contribution is -2.29. The second-order valence-electron chi connectivity index (χ2n) is 5.14. The third kappa shape index (κ3) is 3.83. The minimum absolute atomic E-state index is 0.0870. The van der Waals surface area contributed by atoms with Crippen LogP contribution in [0.15, 0.2) is 34.8 Å². The Morgan fingerprint density at radius 2 is 1.86 bits per heavy atom. The molecule has 112 valence electrons. The molecule has 0 spiro atoms. The molecule has 2 aromatic carbocycles. The summed E-state index contributed by atoms with van der Waals surface area (Å²) in [5.41, 5.74) is 7.02. The van der Waals surface area contributed by atoms with Crippen molar-refractivity contribution in [3.8, 4) is 0 Å². The van der Waals surface area contributed by atoms with Crippen LogP contribution in [0.25, 0.3) is 0 Å². The van der Waals surface area contributed by atoms with Gasteiger partial charge in [0.05, 0.1) is 11.1 Å². The Bertz CT molecular complexity index is 638. The van der Waals surface area contributed by atoms with E-state index in [-0.39, 0.29) is 11.1 Å². The second-order valence-corrected chi connectivity index (χ2v) is 6.34. The summed E-state index contributed by atoms with van der Waals surface area (Å²) in [6, 6.07) is 8.90. The summed E-state index contributed by atoms with van der Waals surface area (Å²) < 4.78 is 14.6. The van der Waals surface area contributed by atoms with Crippen molar-refractivity contribution in [3.63, 3.8) is 0 Å². The van der Waals surface area contributed by atoms with Crippen LogP contribution in [0.3, 0.4) is 0 Å². The number of nitrogens with two attached hydrogens (primary N) is 1. The van der Waals surface area contributed by atoms with Crippen LogP contribution >= 0.6 is 27.5 Å². The van der Waals surface area contributed by atoms with Crippen molar-refractivity contribution in [1.29, 1.82) is 0 Å². The molecule has 21 heavy (non-hydrogen) atoms. The van der Waals surface area contributed by atoms with E-state index in [1.165, 1.54) is 6.07 Å². The number of hydrogen-bond donors (Lipinski definition) is 2. The van der Waals surface area contributed by atoms with Crippen molar-refractivity contribution < 1.29 is 4.39 Å². The standard InChI is InChI=1S/C16H17BrClFN2/c1-9-5-12(6-10(2)16(9)17)15(21-20)8-11-3-4-13(18)14(19)7-11/h3-7,15,21H,8,20H2,1-2H3. The number of halogens is 3. The Kier molecular flexibility index (Phi) is 5.38. The summed E-state index contributed by atoms with van der Waals surface area (Å²) >= 11 is 9.26. The predicted octanol–water partition coefficient (Wildman–Crippen LogP) is 4.61. The molecule has 1 atom stereocenters. The van der Waals surface area contributed by atoms with Gasteiger partial charge in [-0.05, 0) is 54.7 Å². The van der Waals surface area contributed by atoms with E-state index in [0.717, 1.165) is 26.7 Å². The fourth-order valence-corrected chi connectivity index (χ4v) is 2.70. The van der Waals surface area contributed by atoms with E-state index in [2.05, 4.69) is 33.5 Å². The van der Waals surface area contributed by atoms with E-state index in [0.29, 0.717) is 6.42 Å². The van der Waals surface area contributed by atoms with Crippen molar-refractivity contribution in [2.75, 3.05) is 0 Å². The normalized spacial score (nSPS) is 12.5. The number of benzene rings is 2. The van der Waals surface area contributed by atoms with E-state index in [9.17, 15) is 4.39 Å². The van der Waals surface area contributed by atoms with Crippen molar-refractivity contribution in [1.82, 2.24) is 5.43 Å². The van der Waals surface area contributed by atoms with Gasteiger partial charge in [0.2, 0.25) is 0 Å². The third-order valence-electron chi connectivity index (χ3n) is 3.49. The summed E-state index contributed by atoms with van der Waals surface area (Å²) in [6.07, 6.45) is 0.588. The number of hydrazine groups is 1. The zero-order valence-corrected chi connectivity index (χ0v) is 14.2. The highest BCUT2D eigenvalue weighted by molar-refractivity contribution is 9.10. The highest BCUT2D eigenvalue weighted by Crippen LogP contribution is 2.27. The minimum Gasteiger partial charge on any atom is -0.271 e. The number of nitrogens with one attached hydrogen (secondary N) is 1. The van der Waals surface area contributed by atoms with Gasteiger partial charge >= 0.3 is 0 Å². The van der Waals surface area contributed by atoms with Gasteiger partial charge in [-0.3, -0.25) is 11.3 Å². The summed E-state index contributed by atoms with van der Waals surface area (Å²) in [5.74, 6) is 5.27. The molecule has 0 saturated carbocycles. The number of hydrogen-bond acceptors (Lipinski definition) is 2. The van der Waals surface area contributed by atoms with Gasteiger partial charge in [0.1, 0.15) is 5.82 Å². The Hall–Kier alpha value is -0.940. The largest absolute Gasteiger partial charge is 0.271 e. The second kappa shape index (κ2) is 6.88. The summed E-state index contributed by atoms with van der Waals surface area (Å²) in [4.78, 5) is 0. The molecular weight excluding hydrogens is 355 g/mol. The molecular formula is C16H17BrClFN2. The van der Waals surface area contributed by atoms with Gasteiger partial charge < -0.3 is 0 Å². The average Bonchev–Trinajstić information content (AvgIpc) is 2.45. The number of aryl methyl sites for hydroxylation is 2. The molecule has 2 rings (SSSR count). The zero-order chi connectivity index (χ0) is 15.6. The summed E-state index contributed by atoms with van der Waals surface area (Å²) in [7, 11) is 0. The lowest BCUT2D eigenvalue weighted by Gasteiger charge is -2.19.